The molecule has 0 fully saturated rings. The lowest BCUT2D eigenvalue weighted by Gasteiger charge is -2.34. The fourth-order valence-electron chi connectivity index (χ4n) is 3.08. The first-order valence-electron chi connectivity index (χ1n) is 8.22. The van der Waals surface area contributed by atoms with Crippen molar-refractivity contribution in [2.24, 2.45) is 0 Å². The predicted octanol–water partition coefficient (Wildman–Crippen LogP) is 4.72. The maximum atomic E-state index is 13.3. The molecule has 1 aliphatic rings. The number of rotatable bonds is 1. The second kappa shape index (κ2) is 5.96. The van der Waals surface area contributed by atoms with Crippen LogP contribution in [0.3, 0.4) is 0 Å². The van der Waals surface area contributed by atoms with E-state index in [4.69, 9.17) is 4.74 Å². The number of H-pyrrole nitrogens is 1. The number of carbonyl (C=O) groups excluding carboxylic acids is 1. The molecule has 0 radical (unpaired) electrons. The molecule has 1 atom stereocenters. The van der Waals surface area contributed by atoms with Crippen LogP contribution in [0.25, 0.3) is 16.5 Å². The van der Waals surface area contributed by atoms with E-state index in [0.29, 0.717) is 6.54 Å². The second-order valence-corrected chi connectivity index (χ2v) is 7.25. The van der Waals surface area contributed by atoms with Gasteiger partial charge < -0.3 is 14.6 Å². The quantitative estimate of drug-likeness (QED) is 0.822. The van der Waals surface area contributed by atoms with Gasteiger partial charge in [-0.25, -0.2) is 9.18 Å². The zero-order valence-electron chi connectivity index (χ0n) is 14.5. The Hall–Kier alpha value is -2.30. The number of hydrogen-bond acceptors (Lipinski definition) is 2. The molecule has 1 aromatic heterocycles. The lowest BCUT2D eigenvalue weighted by molar-refractivity contribution is 0.0209. The number of halogens is 1. The highest BCUT2D eigenvalue weighted by atomic mass is 19.1. The van der Waals surface area contributed by atoms with Crippen LogP contribution in [-0.4, -0.2) is 34.2 Å². The molecule has 1 amide bonds. The first kappa shape index (κ1) is 16.6. The number of fused-ring (bicyclic) bond motifs is 1. The summed E-state index contributed by atoms with van der Waals surface area (Å²) in [6.07, 6.45) is 4.45. The third kappa shape index (κ3) is 3.30. The van der Waals surface area contributed by atoms with Crippen molar-refractivity contribution >= 4 is 22.6 Å². The van der Waals surface area contributed by atoms with Gasteiger partial charge in [-0.1, -0.05) is 6.08 Å². The van der Waals surface area contributed by atoms with Gasteiger partial charge in [-0.3, -0.25) is 0 Å². The van der Waals surface area contributed by atoms with Crippen LogP contribution in [0.2, 0.25) is 0 Å². The molecule has 0 bridgehead atoms. The molecule has 0 aliphatic carbocycles. The van der Waals surface area contributed by atoms with Crippen LogP contribution in [-0.2, 0) is 4.74 Å². The molecular formula is C19H23FN2O2. The molecule has 0 spiro atoms. The highest BCUT2D eigenvalue weighted by Gasteiger charge is 2.28. The maximum absolute atomic E-state index is 13.3. The van der Waals surface area contributed by atoms with Crippen molar-refractivity contribution in [3.05, 3.63) is 41.9 Å². The van der Waals surface area contributed by atoms with Crippen molar-refractivity contribution in [1.29, 1.82) is 0 Å². The Labute approximate surface area is 141 Å². The summed E-state index contributed by atoms with van der Waals surface area (Å²) in [4.78, 5) is 17.2. The van der Waals surface area contributed by atoms with Crippen molar-refractivity contribution in [1.82, 2.24) is 9.88 Å². The molecule has 5 heteroatoms. The van der Waals surface area contributed by atoms with E-state index >= 15 is 0 Å². The van der Waals surface area contributed by atoms with Gasteiger partial charge in [0.15, 0.2) is 0 Å². The van der Waals surface area contributed by atoms with Gasteiger partial charge in [0, 0.05) is 29.2 Å². The number of benzene rings is 1. The zero-order chi connectivity index (χ0) is 17.5. The first-order chi connectivity index (χ1) is 11.2. The van der Waals surface area contributed by atoms with Crippen LogP contribution in [0.15, 0.2) is 30.5 Å². The summed E-state index contributed by atoms with van der Waals surface area (Å²) in [5, 5.41) is 1.00. The highest BCUT2D eigenvalue weighted by Crippen LogP contribution is 2.31. The molecule has 24 heavy (non-hydrogen) atoms. The van der Waals surface area contributed by atoms with Gasteiger partial charge in [0.2, 0.25) is 0 Å². The lowest BCUT2D eigenvalue weighted by atomic mass is 9.96. The van der Waals surface area contributed by atoms with Gasteiger partial charge >= 0.3 is 6.09 Å². The lowest BCUT2D eigenvalue weighted by Crippen LogP contribution is -2.43. The second-order valence-electron chi connectivity index (χ2n) is 7.25. The van der Waals surface area contributed by atoms with Crippen LogP contribution in [0.1, 0.15) is 39.7 Å². The van der Waals surface area contributed by atoms with Gasteiger partial charge in [0.25, 0.3) is 0 Å². The maximum Gasteiger partial charge on any atom is 0.410 e. The van der Waals surface area contributed by atoms with Crippen LogP contribution in [0.5, 0.6) is 0 Å². The number of aromatic nitrogens is 1. The number of nitrogens with zero attached hydrogens (tertiary/aromatic N) is 1. The predicted molar refractivity (Wildman–Crippen MR) is 93.3 cm³/mol. The number of nitrogens with one attached hydrogen (secondary N) is 1. The SMILES string of the molecule is CC1C=C(c2c[nH]c3cc(F)ccc23)CCN1C(=O)OC(C)(C)C. The largest absolute Gasteiger partial charge is 0.444 e. The molecule has 128 valence electrons. The molecule has 1 aliphatic heterocycles. The highest BCUT2D eigenvalue weighted by molar-refractivity contribution is 5.93. The van der Waals surface area contributed by atoms with E-state index in [-0.39, 0.29) is 18.0 Å². The standard InChI is InChI=1S/C19H23FN2O2/c1-12-9-13(7-8-22(12)18(23)24-19(2,3)4)16-11-21-17-10-14(20)5-6-15(16)17/h5-6,9-12,21H,7-8H2,1-4H3. The van der Waals surface area contributed by atoms with Gasteiger partial charge in [-0.05, 0) is 57.9 Å². The molecule has 2 aromatic rings. The summed E-state index contributed by atoms with van der Waals surface area (Å²) in [7, 11) is 0. The minimum atomic E-state index is -0.498. The number of amides is 1. The molecule has 1 aromatic carbocycles. The number of carbonyl (C=O) groups is 1. The topological polar surface area (TPSA) is 45.3 Å². The van der Waals surface area contributed by atoms with E-state index in [1.807, 2.05) is 33.9 Å². The first-order valence-corrected chi connectivity index (χ1v) is 8.22. The third-order valence-corrected chi connectivity index (χ3v) is 4.17. The molecule has 2 heterocycles. The molecule has 4 nitrogen and oxygen atoms in total. The molecule has 0 saturated carbocycles. The number of ether oxygens (including phenoxy) is 1. The van der Waals surface area contributed by atoms with E-state index < -0.39 is 5.60 Å². The van der Waals surface area contributed by atoms with E-state index in [9.17, 15) is 9.18 Å². The summed E-state index contributed by atoms with van der Waals surface area (Å²) < 4.78 is 18.8. The summed E-state index contributed by atoms with van der Waals surface area (Å²) in [5.41, 5.74) is 2.52. The zero-order valence-corrected chi connectivity index (χ0v) is 14.5. The van der Waals surface area contributed by atoms with Crippen LogP contribution in [0.4, 0.5) is 9.18 Å². The van der Waals surface area contributed by atoms with Crippen molar-refractivity contribution in [3.63, 3.8) is 0 Å². The van der Waals surface area contributed by atoms with Crippen molar-refractivity contribution in [2.45, 2.75) is 45.8 Å². The Morgan fingerprint density at radius 2 is 2.12 bits per heavy atom. The number of hydrogen-bond donors (Lipinski definition) is 1. The third-order valence-electron chi connectivity index (χ3n) is 4.17. The molecule has 1 unspecified atom stereocenters. The van der Waals surface area contributed by atoms with E-state index in [1.165, 1.54) is 17.7 Å². The van der Waals surface area contributed by atoms with Crippen molar-refractivity contribution < 1.29 is 13.9 Å². The van der Waals surface area contributed by atoms with Gasteiger partial charge in [-0.2, -0.15) is 0 Å². The minimum Gasteiger partial charge on any atom is -0.444 e. The average molecular weight is 330 g/mol. The molecular weight excluding hydrogens is 307 g/mol. The van der Waals surface area contributed by atoms with Crippen molar-refractivity contribution in [3.8, 4) is 0 Å². The van der Waals surface area contributed by atoms with Gasteiger partial charge in [0.05, 0.1) is 6.04 Å². The molecule has 3 rings (SSSR count). The Morgan fingerprint density at radius 1 is 1.38 bits per heavy atom. The fourth-order valence-corrected chi connectivity index (χ4v) is 3.08. The van der Waals surface area contributed by atoms with E-state index in [0.717, 1.165) is 22.9 Å². The van der Waals surface area contributed by atoms with Gasteiger partial charge in [0.1, 0.15) is 11.4 Å². The van der Waals surface area contributed by atoms with Crippen LogP contribution < -0.4 is 0 Å². The molecule has 0 saturated heterocycles. The minimum absolute atomic E-state index is 0.0472. The molecule has 1 N–H and O–H groups in total. The summed E-state index contributed by atoms with van der Waals surface area (Å²) in [5.74, 6) is -0.252. The van der Waals surface area contributed by atoms with E-state index in [2.05, 4.69) is 11.1 Å². The smallest absolute Gasteiger partial charge is 0.410 e. The monoisotopic (exact) mass is 330 g/mol. The summed E-state index contributed by atoms with van der Waals surface area (Å²) in [6, 6.07) is 4.72. The van der Waals surface area contributed by atoms with Crippen LogP contribution in [0, 0.1) is 5.82 Å². The van der Waals surface area contributed by atoms with E-state index in [1.54, 1.807) is 11.0 Å². The van der Waals surface area contributed by atoms with Crippen LogP contribution >= 0.6 is 0 Å². The average Bonchev–Trinajstić information content (AvgIpc) is 2.87. The Balaban J connectivity index is 1.84. The fraction of sp³-hybridized carbons (Fsp3) is 0.421. The normalized spacial score (nSPS) is 18.6. The Bertz CT molecular complexity index is 801. The summed E-state index contributed by atoms with van der Waals surface area (Å²) in [6.45, 7) is 8.19. The Kier molecular flexibility index (Phi) is 4.11. The van der Waals surface area contributed by atoms with Gasteiger partial charge in [-0.15, -0.1) is 0 Å². The summed E-state index contributed by atoms with van der Waals surface area (Å²) >= 11 is 0. The number of aromatic amines is 1. The van der Waals surface area contributed by atoms with Crippen molar-refractivity contribution in [2.75, 3.05) is 6.54 Å². The Morgan fingerprint density at radius 3 is 2.79 bits per heavy atom.